The van der Waals surface area contributed by atoms with Crippen molar-refractivity contribution in [3.8, 4) is 0 Å². The van der Waals surface area contributed by atoms with Crippen molar-refractivity contribution in [3.05, 3.63) is 29.8 Å². The number of hydrogen-bond acceptors (Lipinski definition) is 4. The molecule has 8 heteroatoms. The van der Waals surface area contributed by atoms with Crippen LogP contribution in [-0.4, -0.2) is 26.4 Å². The molecule has 0 fully saturated rings. The van der Waals surface area contributed by atoms with Crippen LogP contribution < -0.4 is 10.0 Å². The molecule has 0 heterocycles. The number of halogens is 1. The Labute approximate surface area is 131 Å². The van der Waals surface area contributed by atoms with Gasteiger partial charge in [0, 0.05) is 12.2 Å². The number of anilines is 1. The molecule has 0 radical (unpaired) electrons. The molecule has 1 rings (SSSR count). The van der Waals surface area contributed by atoms with E-state index in [1.807, 2.05) is 0 Å². The van der Waals surface area contributed by atoms with E-state index in [4.69, 9.17) is 4.74 Å². The molecule has 0 unspecified atom stereocenters. The largest absolute Gasteiger partial charge is 0.444 e. The lowest BCUT2D eigenvalue weighted by Gasteiger charge is -2.19. The first-order chi connectivity index (χ1) is 9.05. The quantitative estimate of drug-likeness (QED) is 0.884. The number of amides is 1. The zero-order chi connectivity index (χ0) is 15.4. The molecule has 6 nitrogen and oxygen atoms in total. The number of benzene rings is 1. The first-order valence-corrected chi connectivity index (χ1v) is 7.98. The normalized spacial score (nSPS) is 11.2. The molecule has 0 saturated heterocycles. The fourth-order valence-corrected chi connectivity index (χ4v) is 1.96. The second-order valence-electron chi connectivity index (χ2n) is 5.43. The van der Waals surface area contributed by atoms with Crippen LogP contribution in [-0.2, 0) is 21.3 Å². The van der Waals surface area contributed by atoms with Gasteiger partial charge in [-0.3, -0.25) is 4.72 Å². The Balaban J connectivity index is 0.00000400. The smallest absolute Gasteiger partial charge is 0.407 e. The van der Waals surface area contributed by atoms with Gasteiger partial charge in [0.2, 0.25) is 10.0 Å². The third-order valence-electron chi connectivity index (χ3n) is 2.09. The number of carbonyl (C=O) groups excluding carboxylic acids is 1. The molecule has 0 spiro atoms. The van der Waals surface area contributed by atoms with E-state index in [0.29, 0.717) is 12.2 Å². The Hall–Kier alpha value is -1.47. The van der Waals surface area contributed by atoms with E-state index in [9.17, 15) is 13.2 Å². The highest BCUT2D eigenvalue weighted by Gasteiger charge is 2.15. The molecule has 0 atom stereocenters. The first-order valence-electron chi connectivity index (χ1n) is 6.09. The monoisotopic (exact) mass is 336 g/mol. The second kappa shape index (κ2) is 7.51. The fraction of sp³-hybridized carbons (Fsp3) is 0.462. The van der Waals surface area contributed by atoms with Crippen molar-refractivity contribution in [2.75, 3.05) is 11.0 Å². The topological polar surface area (TPSA) is 84.5 Å². The van der Waals surface area contributed by atoms with Gasteiger partial charge in [-0.2, -0.15) is 0 Å². The summed E-state index contributed by atoms with van der Waals surface area (Å²) in [5, 5.41) is 2.62. The summed E-state index contributed by atoms with van der Waals surface area (Å²) in [6.45, 7) is 5.68. The number of alkyl carbamates (subject to hydrolysis) is 1. The zero-order valence-corrected chi connectivity index (χ0v) is 14.1. The van der Waals surface area contributed by atoms with Crippen molar-refractivity contribution in [2.24, 2.45) is 0 Å². The highest BCUT2D eigenvalue weighted by atomic mass is 35.5. The van der Waals surface area contributed by atoms with Crippen molar-refractivity contribution in [1.82, 2.24) is 5.32 Å². The van der Waals surface area contributed by atoms with Crippen LogP contribution >= 0.6 is 12.4 Å². The van der Waals surface area contributed by atoms with Crippen LogP contribution in [0.3, 0.4) is 0 Å². The third-order valence-corrected chi connectivity index (χ3v) is 2.70. The minimum absolute atomic E-state index is 0. The van der Waals surface area contributed by atoms with Crippen LogP contribution in [0.4, 0.5) is 10.5 Å². The Kier molecular flexibility index (Phi) is 6.99. The van der Waals surface area contributed by atoms with Gasteiger partial charge in [0.25, 0.3) is 0 Å². The van der Waals surface area contributed by atoms with Crippen molar-refractivity contribution >= 4 is 34.2 Å². The zero-order valence-electron chi connectivity index (χ0n) is 12.5. The van der Waals surface area contributed by atoms with Crippen molar-refractivity contribution < 1.29 is 17.9 Å². The summed E-state index contributed by atoms with van der Waals surface area (Å²) in [5.74, 6) is 0. The standard InChI is InChI=1S/C13H20N2O4S.ClH/c1-13(2,3)19-12(16)14-9-10-5-7-11(8-6-10)15-20(4,17)18;/h5-8,15H,9H2,1-4H3,(H,14,16);1H. The molecule has 0 aliphatic heterocycles. The summed E-state index contributed by atoms with van der Waals surface area (Å²) >= 11 is 0. The lowest BCUT2D eigenvalue weighted by atomic mass is 10.2. The molecule has 0 aliphatic carbocycles. The van der Waals surface area contributed by atoms with Gasteiger partial charge in [-0.15, -0.1) is 12.4 Å². The van der Waals surface area contributed by atoms with E-state index in [1.165, 1.54) is 0 Å². The SMILES string of the molecule is CC(C)(C)OC(=O)NCc1ccc(NS(C)(=O)=O)cc1.Cl. The average molecular weight is 337 g/mol. The molecule has 21 heavy (non-hydrogen) atoms. The van der Waals surface area contributed by atoms with Crippen LogP contribution in [0.1, 0.15) is 26.3 Å². The van der Waals surface area contributed by atoms with Gasteiger partial charge in [0.05, 0.1) is 6.26 Å². The van der Waals surface area contributed by atoms with Crippen LogP contribution in [0.2, 0.25) is 0 Å². The maximum atomic E-state index is 11.5. The number of nitrogens with one attached hydrogen (secondary N) is 2. The molecule has 1 amide bonds. The molecule has 0 aliphatic rings. The summed E-state index contributed by atoms with van der Waals surface area (Å²) < 4.78 is 29.6. The highest BCUT2D eigenvalue weighted by Crippen LogP contribution is 2.11. The average Bonchev–Trinajstić information content (AvgIpc) is 2.23. The minimum atomic E-state index is -3.28. The van der Waals surface area contributed by atoms with Gasteiger partial charge in [-0.25, -0.2) is 13.2 Å². The second-order valence-corrected chi connectivity index (χ2v) is 7.18. The lowest BCUT2D eigenvalue weighted by Crippen LogP contribution is -2.32. The summed E-state index contributed by atoms with van der Waals surface area (Å²) in [6.07, 6.45) is 0.598. The number of ether oxygens (including phenoxy) is 1. The molecular formula is C13H21ClN2O4S. The molecule has 1 aromatic rings. The summed E-state index contributed by atoms with van der Waals surface area (Å²) in [4.78, 5) is 11.5. The van der Waals surface area contributed by atoms with Gasteiger partial charge in [-0.05, 0) is 38.5 Å². The van der Waals surface area contributed by atoms with Gasteiger partial charge in [0.15, 0.2) is 0 Å². The van der Waals surface area contributed by atoms with Crippen LogP contribution in [0, 0.1) is 0 Å². The molecule has 0 bridgehead atoms. The van der Waals surface area contributed by atoms with Crippen LogP contribution in [0.5, 0.6) is 0 Å². The van der Waals surface area contributed by atoms with E-state index in [0.717, 1.165) is 11.8 Å². The molecule has 1 aromatic carbocycles. The maximum Gasteiger partial charge on any atom is 0.407 e. The highest BCUT2D eigenvalue weighted by molar-refractivity contribution is 7.92. The van der Waals surface area contributed by atoms with Gasteiger partial charge >= 0.3 is 6.09 Å². The number of sulfonamides is 1. The van der Waals surface area contributed by atoms with E-state index >= 15 is 0 Å². The van der Waals surface area contributed by atoms with E-state index in [2.05, 4.69) is 10.0 Å². The number of hydrogen-bond donors (Lipinski definition) is 2. The van der Waals surface area contributed by atoms with E-state index < -0.39 is 21.7 Å². The van der Waals surface area contributed by atoms with Crippen molar-refractivity contribution in [3.63, 3.8) is 0 Å². The van der Waals surface area contributed by atoms with E-state index in [1.54, 1.807) is 45.0 Å². The number of rotatable bonds is 4. The molecule has 0 saturated carbocycles. The van der Waals surface area contributed by atoms with Crippen molar-refractivity contribution in [1.29, 1.82) is 0 Å². The Bertz CT molecular complexity index is 565. The van der Waals surface area contributed by atoms with Crippen LogP contribution in [0.25, 0.3) is 0 Å². The van der Waals surface area contributed by atoms with Crippen LogP contribution in [0.15, 0.2) is 24.3 Å². The van der Waals surface area contributed by atoms with Gasteiger partial charge in [0.1, 0.15) is 5.60 Å². The fourth-order valence-electron chi connectivity index (χ4n) is 1.39. The number of carbonyl (C=O) groups is 1. The molecule has 0 aromatic heterocycles. The lowest BCUT2D eigenvalue weighted by molar-refractivity contribution is 0.0523. The Morgan fingerprint density at radius 3 is 2.14 bits per heavy atom. The van der Waals surface area contributed by atoms with Crippen molar-refractivity contribution in [2.45, 2.75) is 32.9 Å². The molecule has 120 valence electrons. The maximum absolute atomic E-state index is 11.5. The minimum Gasteiger partial charge on any atom is -0.444 e. The Morgan fingerprint density at radius 2 is 1.71 bits per heavy atom. The van der Waals surface area contributed by atoms with Gasteiger partial charge in [-0.1, -0.05) is 12.1 Å². The van der Waals surface area contributed by atoms with Gasteiger partial charge < -0.3 is 10.1 Å². The summed E-state index contributed by atoms with van der Waals surface area (Å²) in [6, 6.07) is 6.72. The summed E-state index contributed by atoms with van der Waals surface area (Å²) in [5.41, 5.74) is 0.788. The van der Waals surface area contributed by atoms with E-state index in [-0.39, 0.29) is 12.4 Å². The summed E-state index contributed by atoms with van der Waals surface area (Å²) in [7, 11) is -3.28. The Morgan fingerprint density at radius 1 is 1.19 bits per heavy atom. The third kappa shape index (κ3) is 9.14. The predicted octanol–water partition coefficient (Wildman–Crippen LogP) is 2.50. The first kappa shape index (κ1) is 19.5. The molecular weight excluding hydrogens is 316 g/mol. The molecule has 2 N–H and O–H groups in total. The predicted molar refractivity (Wildman–Crippen MR) is 85.2 cm³/mol.